The Kier molecular flexibility index (Phi) is 4.67. The van der Waals surface area contributed by atoms with Gasteiger partial charge in [-0.2, -0.15) is 0 Å². The Labute approximate surface area is 127 Å². The van der Waals surface area contributed by atoms with Crippen LogP contribution in [0.5, 0.6) is 11.5 Å². The summed E-state index contributed by atoms with van der Waals surface area (Å²) in [6, 6.07) is 10.8. The minimum absolute atomic E-state index is 0.0823. The second kappa shape index (κ2) is 6.06. The molecule has 0 saturated carbocycles. The third-order valence-corrected chi connectivity index (χ3v) is 3.78. The molecule has 2 aromatic carbocycles. The Morgan fingerprint density at radius 2 is 1.89 bits per heavy atom. The first-order valence-electron chi connectivity index (χ1n) is 5.12. The van der Waals surface area contributed by atoms with Crippen molar-refractivity contribution < 1.29 is 9.84 Å². The summed E-state index contributed by atoms with van der Waals surface area (Å²) in [5, 5.41) is 9.52. The molecule has 0 atom stereocenters. The van der Waals surface area contributed by atoms with E-state index in [9.17, 15) is 0 Å². The van der Waals surface area contributed by atoms with Crippen LogP contribution in [0.2, 0.25) is 5.02 Å². The molecule has 0 heterocycles. The standard InChI is InChI=1S/C13H9Br2ClO2/c14-9-2-4-13(11(15)5-9)18-10-3-1-8(7-17)12(16)6-10/h1-6,17H,7H2. The monoisotopic (exact) mass is 390 g/mol. The molecular weight excluding hydrogens is 383 g/mol. The fourth-order valence-corrected chi connectivity index (χ4v) is 2.76. The van der Waals surface area contributed by atoms with Crippen molar-refractivity contribution >= 4 is 43.5 Å². The zero-order valence-electron chi connectivity index (χ0n) is 9.16. The number of benzene rings is 2. The van der Waals surface area contributed by atoms with Gasteiger partial charge in [0.1, 0.15) is 11.5 Å². The Bertz CT molecular complexity index is 573. The highest BCUT2D eigenvalue weighted by atomic mass is 79.9. The second-order valence-corrected chi connectivity index (χ2v) is 5.77. The molecule has 0 amide bonds. The van der Waals surface area contributed by atoms with Crippen molar-refractivity contribution in [1.29, 1.82) is 0 Å². The van der Waals surface area contributed by atoms with Crippen LogP contribution in [0.3, 0.4) is 0 Å². The van der Waals surface area contributed by atoms with Crippen molar-refractivity contribution in [1.82, 2.24) is 0 Å². The van der Waals surface area contributed by atoms with Gasteiger partial charge in [0.2, 0.25) is 0 Å². The number of hydrogen-bond acceptors (Lipinski definition) is 2. The summed E-state index contributed by atoms with van der Waals surface area (Å²) in [4.78, 5) is 0. The van der Waals surface area contributed by atoms with E-state index in [0.29, 0.717) is 22.1 Å². The van der Waals surface area contributed by atoms with Crippen molar-refractivity contribution in [2.45, 2.75) is 6.61 Å². The van der Waals surface area contributed by atoms with E-state index < -0.39 is 0 Å². The smallest absolute Gasteiger partial charge is 0.141 e. The highest BCUT2D eigenvalue weighted by Crippen LogP contribution is 2.33. The van der Waals surface area contributed by atoms with Crippen molar-refractivity contribution in [3.05, 3.63) is 55.9 Å². The van der Waals surface area contributed by atoms with Gasteiger partial charge in [-0.3, -0.25) is 0 Å². The molecule has 0 spiro atoms. The van der Waals surface area contributed by atoms with Crippen molar-refractivity contribution in [2.24, 2.45) is 0 Å². The highest BCUT2D eigenvalue weighted by Gasteiger charge is 2.06. The molecule has 1 N–H and O–H groups in total. The first kappa shape index (κ1) is 13.9. The van der Waals surface area contributed by atoms with Gasteiger partial charge in [0, 0.05) is 9.50 Å². The first-order chi connectivity index (χ1) is 8.60. The third kappa shape index (κ3) is 3.26. The minimum Gasteiger partial charge on any atom is -0.456 e. The van der Waals surface area contributed by atoms with Gasteiger partial charge in [-0.15, -0.1) is 0 Å². The number of hydrogen-bond donors (Lipinski definition) is 1. The normalized spacial score (nSPS) is 10.4. The molecule has 0 fully saturated rings. The van der Waals surface area contributed by atoms with Crippen LogP contribution in [0, 0.1) is 0 Å². The molecule has 0 aliphatic heterocycles. The van der Waals surface area contributed by atoms with Gasteiger partial charge >= 0.3 is 0 Å². The van der Waals surface area contributed by atoms with Gasteiger partial charge in [0.25, 0.3) is 0 Å². The molecule has 0 aliphatic carbocycles. The zero-order chi connectivity index (χ0) is 13.1. The van der Waals surface area contributed by atoms with Crippen LogP contribution < -0.4 is 4.74 Å². The lowest BCUT2D eigenvalue weighted by Crippen LogP contribution is -1.89. The number of aliphatic hydroxyl groups is 1. The molecule has 18 heavy (non-hydrogen) atoms. The molecule has 94 valence electrons. The maximum atomic E-state index is 9.04. The minimum atomic E-state index is -0.0823. The number of halogens is 3. The summed E-state index contributed by atoms with van der Waals surface area (Å²) in [5.74, 6) is 1.33. The van der Waals surface area contributed by atoms with Crippen LogP contribution in [0.4, 0.5) is 0 Å². The van der Waals surface area contributed by atoms with Gasteiger partial charge in [0.15, 0.2) is 0 Å². The average Bonchev–Trinajstić information content (AvgIpc) is 2.33. The molecule has 0 radical (unpaired) electrons. The third-order valence-electron chi connectivity index (χ3n) is 2.32. The molecule has 5 heteroatoms. The van der Waals surface area contributed by atoms with Crippen molar-refractivity contribution in [3.8, 4) is 11.5 Å². The lowest BCUT2D eigenvalue weighted by atomic mass is 10.2. The Balaban J connectivity index is 2.26. The Morgan fingerprint density at radius 3 is 2.50 bits per heavy atom. The summed E-state index contributed by atoms with van der Waals surface area (Å²) >= 11 is 12.8. The summed E-state index contributed by atoms with van der Waals surface area (Å²) in [6.07, 6.45) is 0. The van der Waals surface area contributed by atoms with Gasteiger partial charge in [-0.1, -0.05) is 33.6 Å². The van der Waals surface area contributed by atoms with Crippen LogP contribution in [-0.4, -0.2) is 5.11 Å². The van der Waals surface area contributed by atoms with Crippen LogP contribution in [0.25, 0.3) is 0 Å². The topological polar surface area (TPSA) is 29.5 Å². The zero-order valence-corrected chi connectivity index (χ0v) is 13.1. The number of ether oxygens (including phenoxy) is 1. The van der Waals surface area contributed by atoms with E-state index in [1.807, 2.05) is 18.2 Å². The van der Waals surface area contributed by atoms with Crippen molar-refractivity contribution in [3.63, 3.8) is 0 Å². The average molecular weight is 392 g/mol. The first-order valence-corrected chi connectivity index (χ1v) is 7.09. The molecule has 0 aromatic heterocycles. The number of aliphatic hydroxyl groups excluding tert-OH is 1. The van der Waals surface area contributed by atoms with E-state index in [1.165, 1.54) is 0 Å². The van der Waals surface area contributed by atoms with Gasteiger partial charge < -0.3 is 9.84 Å². The predicted molar refractivity (Wildman–Crippen MR) is 79.3 cm³/mol. The Hall–Kier alpha value is -0.550. The van der Waals surface area contributed by atoms with E-state index >= 15 is 0 Å². The van der Waals surface area contributed by atoms with Gasteiger partial charge in [0.05, 0.1) is 11.1 Å². The van der Waals surface area contributed by atoms with Gasteiger partial charge in [-0.25, -0.2) is 0 Å². The number of rotatable bonds is 3. The Morgan fingerprint density at radius 1 is 1.11 bits per heavy atom. The molecule has 0 saturated heterocycles. The van der Waals surface area contributed by atoms with Crippen molar-refractivity contribution in [2.75, 3.05) is 0 Å². The van der Waals surface area contributed by atoms with Crippen LogP contribution in [-0.2, 0) is 6.61 Å². The molecule has 0 aliphatic rings. The molecule has 0 bridgehead atoms. The maximum Gasteiger partial charge on any atom is 0.141 e. The summed E-state index contributed by atoms with van der Waals surface area (Å²) in [6.45, 7) is -0.0823. The summed E-state index contributed by atoms with van der Waals surface area (Å²) in [5.41, 5.74) is 0.680. The molecule has 2 rings (SSSR count). The van der Waals surface area contributed by atoms with Gasteiger partial charge in [-0.05, 0) is 51.8 Å². The summed E-state index contributed by atoms with van der Waals surface area (Å²) in [7, 11) is 0. The molecule has 2 aromatic rings. The predicted octanol–water partition coefficient (Wildman–Crippen LogP) is 5.15. The quantitative estimate of drug-likeness (QED) is 0.783. The molecular formula is C13H9Br2ClO2. The molecule has 0 unspecified atom stereocenters. The van der Waals surface area contributed by atoms with E-state index in [0.717, 1.165) is 8.95 Å². The summed E-state index contributed by atoms with van der Waals surface area (Å²) < 4.78 is 7.53. The SMILES string of the molecule is OCc1ccc(Oc2ccc(Br)cc2Br)cc1Cl. The lowest BCUT2D eigenvalue weighted by Gasteiger charge is -2.09. The molecule has 2 nitrogen and oxygen atoms in total. The lowest BCUT2D eigenvalue weighted by molar-refractivity contribution is 0.282. The van der Waals surface area contributed by atoms with Crippen LogP contribution >= 0.6 is 43.5 Å². The van der Waals surface area contributed by atoms with E-state index in [1.54, 1.807) is 18.2 Å². The maximum absolute atomic E-state index is 9.04. The van der Waals surface area contributed by atoms with Crippen LogP contribution in [0.1, 0.15) is 5.56 Å². The fourth-order valence-electron chi connectivity index (χ4n) is 1.40. The van der Waals surface area contributed by atoms with E-state index in [2.05, 4.69) is 31.9 Å². The van der Waals surface area contributed by atoms with E-state index in [4.69, 9.17) is 21.4 Å². The largest absolute Gasteiger partial charge is 0.456 e. The fraction of sp³-hybridized carbons (Fsp3) is 0.0769. The second-order valence-electron chi connectivity index (χ2n) is 3.59. The van der Waals surface area contributed by atoms with E-state index in [-0.39, 0.29) is 6.61 Å². The highest BCUT2D eigenvalue weighted by molar-refractivity contribution is 9.11. The van der Waals surface area contributed by atoms with Crippen LogP contribution in [0.15, 0.2) is 45.3 Å².